The summed E-state index contributed by atoms with van der Waals surface area (Å²) in [6.45, 7) is 11.7. The van der Waals surface area contributed by atoms with Crippen LogP contribution in [0.1, 0.15) is 86.2 Å². The van der Waals surface area contributed by atoms with Crippen molar-refractivity contribution >= 4 is 23.2 Å². The molecular weight excluding hydrogens is 684 g/mol. The van der Waals surface area contributed by atoms with Crippen LogP contribution in [0.5, 0.6) is 11.5 Å². The van der Waals surface area contributed by atoms with E-state index in [1.165, 1.54) is 48.1 Å². The number of benzene rings is 1. The highest BCUT2D eigenvalue weighted by atomic mass is 16.7. The number of Topliss-reactive ketones (excluding diaryl/α,β-unsaturated/α-hetero) is 2. The van der Waals surface area contributed by atoms with E-state index in [1.807, 2.05) is 19.1 Å². The molecule has 5 bridgehead atoms. The monoisotopic (exact) mass is 738 g/mol. The van der Waals surface area contributed by atoms with E-state index < -0.39 is 77.1 Å². The van der Waals surface area contributed by atoms with Gasteiger partial charge in [-0.1, -0.05) is 58.1 Å². The van der Waals surface area contributed by atoms with Gasteiger partial charge < -0.3 is 44.7 Å². The molecule has 0 aromatic heterocycles. The normalized spacial score (nSPS) is 35.1. The molecule has 53 heavy (non-hydrogen) atoms. The van der Waals surface area contributed by atoms with Gasteiger partial charge in [0, 0.05) is 61.5 Å². The van der Waals surface area contributed by atoms with E-state index in [9.17, 15) is 34.8 Å². The highest BCUT2D eigenvalue weighted by molar-refractivity contribution is 6.33. The Bertz CT molecular complexity index is 1760. The van der Waals surface area contributed by atoms with Crippen molar-refractivity contribution in [3.8, 4) is 11.5 Å². The summed E-state index contributed by atoms with van der Waals surface area (Å²) in [5.74, 6) is -6.35. The van der Waals surface area contributed by atoms with Crippen LogP contribution in [0.25, 0.3) is 0 Å². The molecule has 13 heteroatoms. The smallest absolute Gasteiger partial charge is 0.272 e. The third-order valence-corrected chi connectivity index (χ3v) is 10.8. The predicted molar refractivity (Wildman–Crippen MR) is 198 cm³/mol. The quantitative estimate of drug-likeness (QED) is 0.275. The number of methoxy groups -OCH3 is 2. The van der Waals surface area contributed by atoms with E-state index in [0.29, 0.717) is 12.8 Å². The fraction of sp³-hybridized carbons (Fsp3) is 0.550. The number of phenolic OH excluding ortho intramolecular Hbond substituents is 1. The summed E-state index contributed by atoms with van der Waals surface area (Å²) in [6.07, 6.45) is 6.08. The second-order valence-electron chi connectivity index (χ2n) is 14.3. The van der Waals surface area contributed by atoms with E-state index in [4.69, 9.17) is 18.9 Å². The number of rotatable bonds is 2. The minimum absolute atomic E-state index is 0.00518. The lowest BCUT2D eigenvalue weighted by Gasteiger charge is -2.36. The largest absolute Gasteiger partial charge is 0.507 e. The third kappa shape index (κ3) is 7.90. The van der Waals surface area contributed by atoms with Crippen LogP contribution in [-0.2, 0) is 19.0 Å². The summed E-state index contributed by atoms with van der Waals surface area (Å²) in [6, 6.07) is 0. The zero-order chi connectivity index (χ0) is 39.5. The number of hydrogen-bond acceptors (Lipinski definition) is 12. The first-order chi connectivity index (χ1) is 25.0. The van der Waals surface area contributed by atoms with Crippen molar-refractivity contribution in [3.05, 3.63) is 69.7 Å². The van der Waals surface area contributed by atoms with Gasteiger partial charge in [-0.3, -0.25) is 19.4 Å². The van der Waals surface area contributed by atoms with E-state index in [0.717, 1.165) is 0 Å². The first-order valence-corrected chi connectivity index (χ1v) is 17.9. The number of aliphatic hydroxyl groups is 3. The maximum atomic E-state index is 14.1. The number of ether oxygens (including phenoxy) is 4. The van der Waals surface area contributed by atoms with Crippen molar-refractivity contribution in [1.29, 1.82) is 0 Å². The zero-order valence-electron chi connectivity index (χ0n) is 32.2. The molecule has 9 atom stereocenters. The predicted octanol–water partition coefficient (Wildman–Crippen LogP) is 4.09. The molecule has 0 radical (unpaired) electrons. The van der Waals surface area contributed by atoms with Crippen molar-refractivity contribution in [2.75, 3.05) is 27.9 Å². The van der Waals surface area contributed by atoms with Crippen LogP contribution in [-0.4, -0.2) is 102 Å². The van der Waals surface area contributed by atoms with E-state index in [-0.39, 0.29) is 57.4 Å². The topological polar surface area (TPSA) is 193 Å². The van der Waals surface area contributed by atoms with Crippen molar-refractivity contribution < 1.29 is 53.8 Å². The van der Waals surface area contributed by atoms with Crippen molar-refractivity contribution in [3.63, 3.8) is 0 Å². The summed E-state index contributed by atoms with van der Waals surface area (Å²) < 4.78 is 23.4. The summed E-state index contributed by atoms with van der Waals surface area (Å²) in [5, 5.41) is 47.6. The van der Waals surface area contributed by atoms with Gasteiger partial charge >= 0.3 is 0 Å². The molecule has 0 saturated heterocycles. The standard InChI is InChI=1S/C40H54N2O11/c1-19-15-14-16-20(2)39(49)42-30-35(47)27-26(29(41-8)37(30)51-10)28-36(24(6)34(27)46)53-40(7,38(28)48)52-18-13-11-12-17-25(50-9)21(3)32(44)23(5)33(45)22(4)31(19)43/h12,14-17,19,21-23,25,31-33,43-46H,11,13,18H2,1-10H3,(H,42,49)/b15-14+,17-12+,20-16-,41-29-/t19-,21+,22+,23-,25-,31-,32+,33+,40-/m0/s1. The Kier molecular flexibility index (Phi) is 13.3. The summed E-state index contributed by atoms with van der Waals surface area (Å²) in [4.78, 5) is 46.0. The fourth-order valence-electron chi connectivity index (χ4n) is 7.17. The average molecular weight is 739 g/mol. The number of aromatic hydroxyl groups is 1. The van der Waals surface area contributed by atoms with Gasteiger partial charge in [0.05, 0.1) is 49.3 Å². The Hall–Kier alpha value is -4.14. The maximum absolute atomic E-state index is 14.1. The average Bonchev–Trinajstić information content (AvgIpc) is 3.41. The molecule has 5 N–H and O–H groups in total. The number of allylic oxidation sites excluding steroid dienone is 5. The van der Waals surface area contributed by atoms with E-state index in [1.54, 1.807) is 32.9 Å². The van der Waals surface area contributed by atoms with Crippen LogP contribution in [0.3, 0.4) is 0 Å². The van der Waals surface area contributed by atoms with Crippen LogP contribution in [0.2, 0.25) is 0 Å². The molecule has 0 saturated carbocycles. The molecule has 1 aliphatic carbocycles. The molecular formula is C40H54N2O11. The van der Waals surface area contributed by atoms with E-state index >= 15 is 0 Å². The van der Waals surface area contributed by atoms with Gasteiger partial charge in [0.25, 0.3) is 11.7 Å². The van der Waals surface area contributed by atoms with Gasteiger partial charge in [-0.15, -0.1) is 0 Å². The van der Waals surface area contributed by atoms with Gasteiger partial charge in [0.2, 0.25) is 11.6 Å². The van der Waals surface area contributed by atoms with Crippen LogP contribution in [0.4, 0.5) is 0 Å². The third-order valence-electron chi connectivity index (χ3n) is 10.8. The molecule has 290 valence electrons. The number of nitrogens with zero attached hydrogens (tertiary/aromatic N) is 1. The number of carbonyl (C=O) groups is 3. The van der Waals surface area contributed by atoms with Crippen molar-refractivity contribution in [2.45, 2.75) is 91.5 Å². The van der Waals surface area contributed by atoms with Gasteiger partial charge in [-0.05, 0) is 26.7 Å². The molecule has 4 aliphatic rings. The second kappa shape index (κ2) is 16.9. The first-order valence-electron chi connectivity index (χ1n) is 17.9. The summed E-state index contributed by atoms with van der Waals surface area (Å²) in [5.41, 5.74) is -0.101. The summed E-state index contributed by atoms with van der Waals surface area (Å²) in [7, 11) is 4.27. The highest BCUT2D eigenvalue weighted by Crippen LogP contribution is 2.48. The van der Waals surface area contributed by atoms with Crippen molar-refractivity contribution in [2.24, 2.45) is 28.7 Å². The molecule has 5 rings (SSSR count). The van der Waals surface area contributed by atoms with Crippen molar-refractivity contribution in [1.82, 2.24) is 5.32 Å². The van der Waals surface area contributed by atoms with E-state index in [2.05, 4.69) is 10.3 Å². The fourth-order valence-corrected chi connectivity index (χ4v) is 7.17. The SMILES string of the molecule is C/N=C1\C(OC)=C2NC(=O)/C(C)=C\C=C\[C@H](C)[C@H](O)[C@@H](C)[C@@H](O)[C@@H](C)[C@H](O)[C@H](C)[C@@H](OC)/C=C/CCCO[C@@]3(C)Oc4c(C)c(O)c(c1c4C3=O)C2=O. The van der Waals surface area contributed by atoms with Gasteiger partial charge in [-0.25, -0.2) is 0 Å². The van der Waals surface area contributed by atoms with Gasteiger partial charge in [0.15, 0.2) is 5.76 Å². The number of amides is 1. The Balaban J connectivity index is 1.78. The molecule has 1 aromatic carbocycles. The Morgan fingerprint density at radius 3 is 2.19 bits per heavy atom. The van der Waals surface area contributed by atoms with Gasteiger partial charge in [0.1, 0.15) is 22.9 Å². The lowest BCUT2D eigenvalue weighted by Crippen LogP contribution is -2.44. The highest BCUT2D eigenvalue weighted by Gasteiger charge is 2.51. The molecule has 1 aromatic rings. The molecule has 0 spiro atoms. The summed E-state index contributed by atoms with van der Waals surface area (Å²) >= 11 is 0. The number of phenols is 1. The molecule has 0 fully saturated rings. The number of aliphatic imine (C=N–C) groups is 1. The van der Waals surface area contributed by atoms with Crippen LogP contribution < -0.4 is 10.1 Å². The maximum Gasteiger partial charge on any atom is 0.272 e. The van der Waals surface area contributed by atoms with Crippen LogP contribution >= 0.6 is 0 Å². The Morgan fingerprint density at radius 1 is 0.925 bits per heavy atom. The zero-order valence-corrected chi connectivity index (χ0v) is 32.2. The number of carbonyl (C=O) groups excluding carboxylic acids is 3. The van der Waals surface area contributed by atoms with Crippen LogP contribution in [0, 0.1) is 30.6 Å². The number of nitrogens with one attached hydrogen (secondary N) is 1. The molecule has 0 unspecified atom stereocenters. The minimum atomic E-state index is -1.78. The second-order valence-corrected chi connectivity index (χ2v) is 14.3. The molecule has 13 nitrogen and oxygen atoms in total. The number of fused-ring (bicyclic) bond motifs is 17. The lowest BCUT2D eigenvalue weighted by molar-refractivity contribution is -0.127. The Labute approximate surface area is 311 Å². The Morgan fingerprint density at radius 2 is 1.57 bits per heavy atom. The molecule has 1 amide bonds. The first kappa shape index (κ1) is 41.6. The lowest BCUT2D eigenvalue weighted by atomic mass is 9.78. The number of hydrogen-bond donors (Lipinski definition) is 5. The minimum Gasteiger partial charge on any atom is -0.507 e. The van der Waals surface area contributed by atoms with Crippen LogP contribution in [0.15, 0.2) is 52.4 Å². The number of ketones is 2. The van der Waals surface area contributed by atoms with Gasteiger partial charge in [-0.2, -0.15) is 0 Å². The molecule has 3 aliphatic heterocycles. The molecule has 3 heterocycles. The number of aliphatic hydroxyl groups excluding tert-OH is 3.